The van der Waals surface area contributed by atoms with E-state index in [-0.39, 0.29) is 17.5 Å². The molecule has 0 spiro atoms. The molecule has 4 heteroatoms. The van der Waals surface area contributed by atoms with Gasteiger partial charge in [0.1, 0.15) is 28.8 Å². The molecule has 0 radical (unpaired) electrons. The summed E-state index contributed by atoms with van der Waals surface area (Å²) in [6.07, 6.45) is 0. The van der Waals surface area contributed by atoms with Crippen molar-refractivity contribution in [3.63, 3.8) is 0 Å². The van der Waals surface area contributed by atoms with Crippen LogP contribution >= 0.6 is 0 Å². The lowest BCUT2D eigenvalue weighted by molar-refractivity contribution is 0.623. The highest BCUT2D eigenvalue weighted by molar-refractivity contribution is 6.03. The van der Waals surface area contributed by atoms with E-state index < -0.39 is 0 Å². The molecule has 0 N–H and O–H groups in total. The first-order chi connectivity index (χ1) is 14.6. The highest BCUT2D eigenvalue weighted by atomic mass is 19.1. The van der Waals surface area contributed by atoms with E-state index in [9.17, 15) is 13.2 Å². The van der Waals surface area contributed by atoms with E-state index in [1.165, 1.54) is 36.4 Å². The number of hydrogen-bond donors (Lipinski definition) is 0. The van der Waals surface area contributed by atoms with Crippen LogP contribution in [-0.2, 0) is 0 Å². The van der Waals surface area contributed by atoms with Gasteiger partial charge in [-0.2, -0.15) is 0 Å². The fraction of sp³-hybridized carbons (Fsp3) is 0. The maximum absolute atomic E-state index is 13.5. The fourth-order valence-electron chi connectivity index (χ4n) is 3.63. The highest BCUT2D eigenvalue weighted by Crippen LogP contribution is 2.42. The summed E-state index contributed by atoms with van der Waals surface area (Å²) in [4.78, 5) is 0. The summed E-state index contributed by atoms with van der Waals surface area (Å²) in [5, 5.41) is 0.836. The van der Waals surface area contributed by atoms with Gasteiger partial charge in [-0.25, -0.2) is 13.2 Å². The van der Waals surface area contributed by atoms with Gasteiger partial charge < -0.3 is 4.42 Å². The Kier molecular flexibility index (Phi) is 4.40. The quantitative estimate of drug-likeness (QED) is 0.300. The van der Waals surface area contributed by atoms with Crippen LogP contribution in [0.5, 0.6) is 0 Å². The molecule has 0 aliphatic rings. The average molecular weight is 400 g/mol. The smallest absolute Gasteiger partial charge is 0.143 e. The van der Waals surface area contributed by atoms with E-state index in [0.29, 0.717) is 11.3 Å². The van der Waals surface area contributed by atoms with Crippen LogP contribution in [0.15, 0.2) is 95.4 Å². The molecule has 146 valence electrons. The summed E-state index contributed by atoms with van der Waals surface area (Å²) in [7, 11) is 0. The zero-order valence-corrected chi connectivity index (χ0v) is 15.7. The number of halogens is 3. The second-order valence-electron chi connectivity index (χ2n) is 7.04. The molecule has 5 rings (SSSR count). The monoisotopic (exact) mass is 400 g/mol. The molecule has 0 amide bonds. The van der Waals surface area contributed by atoms with E-state index in [0.717, 1.165) is 33.2 Å². The van der Waals surface area contributed by atoms with Crippen LogP contribution in [0, 0.1) is 17.5 Å². The number of rotatable bonds is 3. The summed E-state index contributed by atoms with van der Waals surface area (Å²) in [5.41, 5.74) is 4.71. The minimum atomic E-state index is -0.336. The van der Waals surface area contributed by atoms with Crippen molar-refractivity contribution in [1.82, 2.24) is 0 Å². The first-order valence-electron chi connectivity index (χ1n) is 9.43. The third-order valence-corrected chi connectivity index (χ3v) is 5.10. The predicted octanol–water partition coefficient (Wildman–Crippen LogP) is 7.85. The fourth-order valence-corrected chi connectivity index (χ4v) is 3.63. The van der Waals surface area contributed by atoms with Gasteiger partial charge in [0, 0.05) is 16.5 Å². The molecule has 30 heavy (non-hydrogen) atoms. The van der Waals surface area contributed by atoms with Gasteiger partial charge in [0.2, 0.25) is 0 Å². The minimum absolute atomic E-state index is 0.297. The van der Waals surface area contributed by atoms with E-state index in [1.54, 1.807) is 36.4 Å². The van der Waals surface area contributed by atoms with Crippen molar-refractivity contribution in [2.75, 3.05) is 0 Å². The van der Waals surface area contributed by atoms with E-state index >= 15 is 0 Å². The standard InChI is InChI=1S/C26H15F3O/c27-20-8-1-16(2-9-20)19-7-14-24-23(15-19)25(17-3-10-21(28)11-4-17)26(30-24)18-5-12-22(29)13-6-18/h1-15H. The van der Waals surface area contributed by atoms with Gasteiger partial charge in [0.15, 0.2) is 0 Å². The summed E-state index contributed by atoms with van der Waals surface area (Å²) in [5.74, 6) is -0.389. The SMILES string of the molecule is Fc1ccc(-c2ccc3oc(-c4ccc(F)cc4)c(-c4ccc(F)cc4)c3c2)cc1. The van der Waals surface area contributed by atoms with Crippen LogP contribution in [0.2, 0.25) is 0 Å². The highest BCUT2D eigenvalue weighted by Gasteiger charge is 2.18. The molecule has 1 aromatic heterocycles. The molecule has 0 atom stereocenters. The third-order valence-electron chi connectivity index (χ3n) is 5.10. The molecule has 0 fully saturated rings. The Balaban J connectivity index is 1.76. The summed E-state index contributed by atoms with van der Waals surface area (Å²) in [6, 6.07) is 24.2. The molecule has 0 saturated carbocycles. The lowest BCUT2D eigenvalue weighted by Crippen LogP contribution is -1.84. The minimum Gasteiger partial charge on any atom is -0.455 e. The van der Waals surface area contributed by atoms with Gasteiger partial charge in [-0.3, -0.25) is 0 Å². The van der Waals surface area contributed by atoms with Crippen molar-refractivity contribution in [3.05, 3.63) is 108 Å². The van der Waals surface area contributed by atoms with Gasteiger partial charge in [-0.1, -0.05) is 30.3 Å². The second kappa shape index (κ2) is 7.23. The predicted molar refractivity (Wildman–Crippen MR) is 112 cm³/mol. The Labute approximate surface area is 171 Å². The molecule has 1 heterocycles. The van der Waals surface area contributed by atoms with E-state index in [1.807, 2.05) is 18.2 Å². The van der Waals surface area contributed by atoms with Crippen LogP contribution in [0.1, 0.15) is 0 Å². The zero-order valence-electron chi connectivity index (χ0n) is 15.7. The van der Waals surface area contributed by atoms with Gasteiger partial charge >= 0.3 is 0 Å². The molecular formula is C26H15F3O. The lowest BCUT2D eigenvalue weighted by Gasteiger charge is -2.06. The molecule has 0 aliphatic heterocycles. The maximum atomic E-state index is 13.5. The second-order valence-corrected chi connectivity index (χ2v) is 7.04. The van der Waals surface area contributed by atoms with Crippen LogP contribution in [-0.4, -0.2) is 0 Å². The Morgan fingerprint density at radius 2 is 0.933 bits per heavy atom. The zero-order chi connectivity index (χ0) is 20.7. The van der Waals surface area contributed by atoms with Crippen molar-refractivity contribution in [2.24, 2.45) is 0 Å². The molecular weight excluding hydrogens is 385 g/mol. The number of fused-ring (bicyclic) bond motifs is 1. The first kappa shape index (κ1) is 18.3. The van der Waals surface area contributed by atoms with Gasteiger partial charge in [0.25, 0.3) is 0 Å². The van der Waals surface area contributed by atoms with Crippen molar-refractivity contribution in [1.29, 1.82) is 0 Å². The topological polar surface area (TPSA) is 13.1 Å². The van der Waals surface area contributed by atoms with Crippen molar-refractivity contribution >= 4 is 11.0 Å². The number of hydrogen-bond acceptors (Lipinski definition) is 1. The Hall–Kier alpha value is -3.79. The van der Waals surface area contributed by atoms with Gasteiger partial charge in [-0.15, -0.1) is 0 Å². The summed E-state index contributed by atoms with van der Waals surface area (Å²) >= 11 is 0. The average Bonchev–Trinajstić information content (AvgIpc) is 3.14. The van der Waals surface area contributed by atoms with E-state index in [4.69, 9.17) is 4.42 Å². The van der Waals surface area contributed by atoms with Crippen molar-refractivity contribution in [3.8, 4) is 33.6 Å². The van der Waals surface area contributed by atoms with Crippen LogP contribution in [0.3, 0.4) is 0 Å². The summed E-state index contributed by atoms with van der Waals surface area (Å²) < 4.78 is 46.4. The normalized spacial score (nSPS) is 11.2. The molecule has 0 bridgehead atoms. The molecule has 4 aromatic carbocycles. The molecule has 0 saturated heterocycles. The van der Waals surface area contributed by atoms with Crippen molar-refractivity contribution < 1.29 is 17.6 Å². The Bertz CT molecular complexity index is 1330. The molecule has 0 aliphatic carbocycles. The van der Waals surface area contributed by atoms with Crippen LogP contribution in [0.25, 0.3) is 44.5 Å². The largest absolute Gasteiger partial charge is 0.455 e. The van der Waals surface area contributed by atoms with Crippen LogP contribution in [0.4, 0.5) is 13.2 Å². The first-order valence-corrected chi connectivity index (χ1v) is 9.43. The summed E-state index contributed by atoms with van der Waals surface area (Å²) in [6.45, 7) is 0. The maximum Gasteiger partial charge on any atom is 0.143 e. The Morgan fingerprint density at radius 1 is 0.467 bits per heavy atom. The Morgan fingerprint density at radius 3 is 1.50 bits per heavy atom. The number of furan rings is 1. The van der Waals surface area contributed by atoms with Gasteiger partial charge in [0.05, 0.1) is 0 Å². The lowest BCUT2D eigenvalue weighted by atomic mass is 9.96. The van der Waals surface area contributed by atoms with Crippen LogP contribution < -0.4 is 0 Å². The van der Waals surface area contributed by atoms with Crippen molar-refractivity contribution in [2.45, 2.75) is 0 Å². The molecule has 0 unspecified atom stereocenters. The third kappa shape index (κ3) is 3.26. The van der Waals surface area contributed by atoms with E-state index in [2.05, 4.69) is 0 Å². The molecule has 5 aromatic rings. The van der Waals surface area contributed by atoms with Gasteiger partial charge in [-0.05, 0) is 77.4 Å². The molecule has 1 nitrogen and oxygen atoms in total. The number of benzene rings is 4.